The van der Waals surface area contributed by atoms with Gasteiger partial charge in [0.2, 0.25) is 0 Å². The van der Waals surface area contributed by atoms with Gasteiger partial charge in [0.05, 0.1) is 23.5 Å². The van der Waals surface area contributed by atoms with Crippen LogP contribution in [0.3, 0.4) is 0 Å². The van der Waals surface area contributed by atoms with E-state index in [2.05, 4.69) is 21.1 Å². The Morgan fingerprint density at radius 3 is 2.49 bits per heavy atom. The molecule has 39 heavy (non-hydrogen) atoms. The van der Waals surface area contributed by atoms with Gasteiger partial charge in [-0.25, -0.2) is 14.5 Å². The highest BCUT2D eigenvalue weighted by Crippen LogP contribution is 2.32. The molecule has 1 N–H and O–H groups in total. The summed E-state index contributed by atoms with van der Waals surface area (Å²) in [6.07, 6.45) is 5.65. The number of aryl methyl sites for hydroxylation is 1. The van der Waals surface area contributed by atoms with E-state index in [9.17, 15) is 15.2 Å². The molecule has 10 heteroatoms. The highest BCUT2D eigenvalue weighted by Gasteiger charge is 2.27. The number of hydrogen-bond donors (Lipinski definition) is 1. The highest BCUT2D eigenvalue weighted by atomic mass is 16.4. The van der Waals surface area contributed by atoms with Crippen molar-refractivity contribution in [3.8, 4) is 28.5 Å². The predicted octanol–water partition coefficient (Wildman–Crippen LogP) is 3.61. The fourth-order valence-corrected chi connectivity index (χ4v) is 4.89. The topological polar surface area (TPSA) is 124 Å². The maximum Gasteiger partial charge on any atom is 0.256 e. The van der Waals surface area contributed by atoms with Gasteiger partial charge in [0, 0.05) is 62.2 Å². The minimum atomic E-state index is -1.16. The summed E-state index contributed by atoms with van der Waals surface area (Å²) < 4.78 is 7.40. The fourth-order valence-electron chi connectivity index (χ4n) is 4.89. The maximum absolute atomic E-state index is 12.8. The van der Waals surface area contributed by atoms with E-state index in [-0.39, 0.29) is 5.91 Å². The van der Waals surface area contributed by atoms with Crippen LogP contribution in [0.4, 0.5) is 5.82 Å². The Morgan fingerprint density at radius 2 is 1.82 bits per heavy atom. The average molecular weight is 520 g/mol. The zero-order valence-corrected chi connectivity index (χ0v) is 21.2. The summed E-state index contributed by atoms with van der Waals surface area (Å²) in [7, 11) is 0. The fraction of sp³-hybridized carbons (Fsp3) is 0.207. The lowest BCUT2D eigenvalue weighted by Crippen LogP contribution is -2.50. The smallest absolute Gasteiger partial charge is 0.256 e. The molecule has 0 bridgehead atoms. The Hall–Kier alpha value is -5.01. The second kappa shape index (κ2) is 10.0. The standard InChI is InChI=1S/C29H25N7O3/c1-19-31-17-25(39-19)22-13-24(27-23(14-30)16-33-36(27)18-22)21-7-8-26(32-15-21)34-9-11-35(12-10-34)29(38)28(37)20-5-3-2-4-6-20/h2-8,13,15-18,28,37H,9-12H2,1H3. The zero-order chi connectivity index (χ0) is 26.9. The van der Waals surface area contributed by atoms with Gasteiger partial charge in [-0.05, 0) is 23.8 Å². The van der Waals surface area contributed by atoms with Gasteiger partial charge in [0.15, 0.2) is 17.8 Å². The van der Waals surface area contributed by atoms with E-state index >= 15 is 0 Å². The zero-order valence-electron chi connectivity index (χ0n) is 21.2. The van der Waals surface area contributed by atoms with Crippen LogP contribution in [0.15, 0.2) is 77.7 Å². The number of aliphatic hydroxyl groups is 1. The SMILES string of the molecule is Cc1ncc(-c2cc(-c3ccc(N4CCN(C(=O)C(O)c5ccccc5)CC4)nc3)c3c(C#N)cnn3c2)o1. The van der Waals surface area contributed by atoms with Crippen LogP contribution in [0.1, 0.15) is 23.1 Å². The number of piperazine rings is 1. The number of oxazole rings is 1. The van der Waals surface area contributed by atoms with Crippen LogP contribution in [0, 0.1) is 18.3 Å². The second-order valence-electron chi connectivity index (χ2n) is 9.38. The molecular formula is C29H25N7O3. The van der Waals surface area contributed by atoms with Crippen molar-refractivity contribution in [3.05, 3.63) is 90.3 Å². The van der Waals surface area contributed by atoms with Gasteiger partial charge in [0.25, 0.3) is 5.91 Å². The molecule has 0 spiro atoms. The number of benzene rings is 1. The number of pyridine rings is 2. The maximum atomic E-state index is 12.8. The average Bonchev–Trinajstić information content (AvgIpc) is 3.62. The van der Waals surface area contributed by atoms with Crippen LogP contribution in [0.25, 0.3) is 28.0 Å². The molecule has 1 saturated heterocycles. The molecule has 4 aromatic heterocycles. The summed E-state index contributed by atoms with van der Waals surface area (Å²) in [5, 5.41) is 24.5. The van der Waals surface area contributed by atoms with Gasteiger partial charge in [-0.2, -0.15) is 10.4 Å². The molecule has 0 radical (unpaired) electrons. The number of carbonyl (C=O) groups excluding carboxylic acids is 1. The van der Waals surface area contributed by atoms with Gasteiger partial charge in [-0.3, -0.25) is 4.79 Å². The van der Waals surface area contributed by atoms with Crippen molar-refractivity contribution in [3.63, 3.8) is 0 Å². The molecule has 0 aliphatic carbocycles. The quantitative estimate of drug-likeness (QED) is 0.374. The van der Waals surface area contributed by atoms with Gasteiger partial charge in [0.1, 0.15) is 11.9 Å². The molecular weight excluding hydrogens is 494 g/mol. The Bertz CT molecular complexity index is 1680. The normalized spacial score (nSPS) is 14.4. The summed E-state index contributed by atoms with van der Waals surface area (Å²) in [4.78, 5) is 25.5. The summed E-state index contributed by atoms with van der Waals surface area (Å²) in [5.41, 5.74) is 4.17. The number of amides is 1. The van der Waals surface area contributed by atoms with E-state index in [4.69, 9.17) is 9.40 Å². The van der Waals surface area contributed by atoms with Gasteiger partial charge in [-0.1, -0.05) is 30.3 Å². The van der Waals surface area contributed by atoms with Crippen LogP contribution >= 0.6 is 0 Å². The highest BCUT2D eigenvalue weighted by molar-refractivity contribution is 5.87. The number of aromatic nitrogens is 4. The van der Waals surface area contributed by atoms with Crippen LogP contribution < -0.4 is 4.90 Å². The van der Waals surface area contributed by atoms with Crippen molar-refractivity contribution in [2.45, 2.75) is 13.0 Å². The van der Waals surface area contributed by atoms with Crippen molar-refractivity contribution >= 4 is 17.2 Å². The van der Waals surface area contributed by atoms with Crippen molar-refractivity contribution < 1.29 is 14.3 Å². The van der Waals surface area contributed by atoms with Gasteiger partial charge < -0.3 is 19.3 Å². The van der Waals surface area contributed by atoms with Crippen LogP contribution in [0.2, 0.25) is 0 Å². The minimum absolute atomic E-state index is 0.288. The van der Waals surface area contributed by atoms with Crippen LogP contribution in [-0.2, 0) is 4.79 Å². The third-order valence-electron chi connectivity index (χ3n) is 6.96. The third kappa shape index (κ3) is 4.60. The van der Waals surface area contributed by atoms with Crippen molar-refractivity contribution in [2.24, 2.45) is 0 Å². The Labute approximate surface area is 224 Å². The lowest BCUT2D eigenvalue weighted by molar-refractivity contribution is -0.140. The van der Waals surface area contributed by atoms with Crippen molar-refractivity contribution in [1.82, 2.24) is 24.5 Å². The third-order valence-corrected chi connectivity index (χ3v) is 6.96. The predicted molar refractivity (Wildman–Crippen MR) is 144 cm³/mol. The molecule has 194 valence electrons. The lowest BCUT2D eigenvalue weighted by atomic mass is 10.0. The van der Waals surface area contributed by atoms with E-state index < -0.39 is 6.10 Å². The summed E-state index contributed by atoms with van der Waals surface area (Å²) in [6, 6.07) is 17.1. The summed E-state index contributed by atoms with van der Waals surface area (Å²) >= 11 is 0. The summed E-state index contributed by atoms with van der Waals surface area (Å²) in [5.74, 6) is 1.68. The van der Waals surface area contributed by atoms with Crippen molar-refractivity contribution in [2.75, 3.05) is 31.1 Å². The van der Waals surface area contributed by atoms with Crippen molar-refractivity contribution in [1.29, 1.82) is 5.26 Å². The number of hydrogen-bond acceptors (Lipinski definition) is 8. The monoisotopic (exact) mass is 519 g/mol. The molecule has 10 nitrogen and oxygen atoms in total. The number of nitrogens with zero attached hydrogens (tertiary/aromatic N) is 7. The second-order valence-corrected chi connectivity index (χ2v) is 9.38. The first-order valence-electron chi connectivity index (χ1n) is 12.6. The number of aliphatic hydroxyl groups excluding tert-OH is 1. The first-order valence-corrected chi connectivity index (χ1v) is 12.6. The Kier molecular flexibility index (Phi) is 6.26. The van der Waals surface area contributed by atoms with Gasteiger partial charge >= 0.3 is 0 Å². The lowest BCUT2D eigenvalue weighted by Gasteiger charge is -2.36. The molecule has 0 saturated carbocycles. The largest absolute Gasteiger partial charge is 0.441 e. The molecule has 1 unspecified atom stereocenters. The molecule has 5 aromatic rings. The van der Waals surface area contributed by atoms with E-state index in [0.29, 0.717) is 54.5 Å². The number of carbonyl (C=O) groups is 1. The summed E-state index contributed by atoms with van der Waals surface area (Å²) in [6.45, 7) is 3.98. The van der Waals surface area contributed by atoms with E-state index in [1.807, 2.05) is 42.6 Å². The van der Waals surface area contributed by atoms with E-state index in [0.717, 1.165) is 22.5 Å². The van der Waals surface area contributed by atoms with E-state index in [1.165, 1.54) is 0 Å². The Morgan fingerprint density at radius 1 is 1.03 bits per heavy atom. The first kappa shape index (κ1) is 24.3. The molecule has 5 heterocycles. The van der Waals surface area contributed by atoms with Gasteiger partial charge in [-0.15, -0.1) is 0 Å². The van der Waals surface area contributed by atoms with Crippen LogP contribution in [-0.4, -0.2) is 61.7 Å². The molecule has 1 atom stereocenters. The molecule has 1 amide bonds. The first-order chi connectivity index (χ1) is 19.0. The number of nitriles is 1. The molecule has 1 aliphatic heterocycles. The molecule has 1 fully saturated rings. The number of fused-ring (bicyclic) bond motifs is 1. The minimum Gasteiger partial charge on any atom is -0.441 e. The number of rotatable bonds is 5. The Balaban J connectivity index is 1.22. The number of anilines is 1. The molecule has 1 aliphatic rings. The van der Waals surface area contributed by atoms with Crippen LogP contribution in [0.5, 0.6) is 0 Å². The van der Waals surface area contributed by atoms with E-state index in [1.54, 1.807) is 47.1 Å². The molecule has 6 rings (SSSR count). The molecule has 1 aromatic carbocycles.